The van der Waals surface area contributed by atoms with Crippen molar-refractivity contribution >= 4 is 0 Å². The van der Waals surface area contributed by atoms with Crippen molar-refractivity contribution in [1.29, 1.82) is 0 Å². The second kappa shape index (κ2) is 12.4. The van der Waals surface area contributed by atoms with Crippen molar-refractivity contribution in [3.8, 4) is 0 Å². The van der Waals surface area contributed by atoms with Gasteiger partial charge in [0.05, 0.1) is 6.10 Å². The van der Waals surface area contributed by atoms with E-state index in [4.69, 9.17) is 0 Å². The monoisotopic (exact) mass is 242 g/mol. The summed E-state index contributed by atoms with van der Waals surface area (Å²) in [6.07, 6.45) is 14.0. The Morgan fingerprint density at radius 1 is 0.706 bits per heavy atom. The van der Waals surface area contributed by atoms with Gasteiger partial charge in [-0.3, -0.25) is 0 Å². The molecule has 0 spiro atoms. The minimum atomic E-state index is -0.0574. The Balaban J connectivity index is 3.34. The van der Waals surface area contributed by atoms with Gasteiger partial charge in [-0.1, -0.05) is 78.6 Å². The van der Waals surface area contributed by atoms with Gasteiger partial charge >= 0.3 is 0 Å². The Labute approximate surface area is 109 Å². The molecular weight excluding hydrogens is 208 g/mol. The third-order valence-electron chi connectivity index (χ3n) is 3.77. The van der Waals surface area contributed by atoms with Crippen molar-refractivity contribution in [3.63, 3.8) is 0 Å². The summed E-state index contributed by atoms with van der Waals surface area (Å²) in [5, 5.41) is 10.0. The van der Waals surface area contributed by atoms with E-state index in [-0.39, 0.29) is 6.10 Å². The topological polar surface area (TPSA) is 20.2 Å². The van der Waals surface area contributed by atoms with Gasteiger partial charge in [-0.25, -0.2) is 0 Å². The van der Waals surface area contributed by atoms with Gasteiger partial charge < -0.3 is 5.11 Å². The van der Waals surface area contributed by atoms with E-state index < -0.39 is 0 Å². The molecule has 1 nitrogen and oxygen atoms in total. The Hall–Kier alpha value is -0.0400. The van der Waals surface area contributed by atoms with Crippen LogP contribution < -0.4 is 0 Å². The predicted molar refractivity (Wildman–Crippen MR) is 77.3 cm³/mol. The van der Waals surface area contributed by atoms with E-state index in [2.05, 4.69) is 20.8 Å². The van der Waals surface area contributed by atoms with Gasteiger partial charge in [0.25, 0.3) is 0 Å². The molecule has 1 heteroatoms. The van der Waals surface area contributed by atoms with Crippen molar-refractivity contribution in [1.82, 2.24) is 0 Å². The average Bonchev–Trinajstić information content (AvgIpc) is 2.33. The first-order valence-electron chi connectivity index (χ1n) is 7.90. The third kappa shape index (κ3) is 10.8. The predicted octanol–water partition coefficient (Wildman–Crippen LogP) is 5.31. The molecule has 0 heterocycles. The maximum absolute atomic E-state index is 10.0. The van der Waals surface area contributed by atoms with Gasteiger partial charge in [-0.2, -0.15) is 0 Å². The number of hydrogen-bond acceptors (Lipinski definition) is 1. The molecule has 0 saturated carbocycles. The van der Waals surface area contributed by atoms with Gasteiger partial charge in [-0.05, 0) is 18.8 Å². The fourth-order valence-corrected chi connectivity index (χ4v) is 2.33. The largest absolute Gasteiger partial charge is 0.393 e. The summed E-state index contributed by atoms with van der Waals surface area (Å²) in [5.41, 5.74) is 0. The Kier molecular flexibility index (Phi) is 12.4. The highest BCUT2D eigenvalue weighted by Gasteiger charge is 2.12. The van der Waals surface area contributed by atoms with Crippen LogP contribution in [0.15, 0.2) is 0 Å². The molecular formula is C16H34O. The van der Waals surface area contributed by atoms with Gasteiger partial charge in [-0.15, -0.1) is 0 Å². The first-order valence-corrected chi connectivity index (χ1v) is 7.90. The molecule has 104 valence electrons. The molecule has 0 rings (SSSR count). The number of hydrogen-bond donors (Lipinski definition) is 1. The lowest BCUT2D eigenvalue weighted by atomic mass is 9.93. The van der Waals surface area contributed by atoms with Crippen molar-refractivity contribution in [2.24, 2.45) is 5.92 Å². The third-order valence-corrected chi connectivity index (χ3v) is 3.77. The van der Waals surface area contributed by atoms with Gasteiger partial charge in [0, 0.05) is 0 Å². The molecule has 0 amide bonds. The van der Waals surface area contributed by atoms with E-state index in [0.717, 1.165) is 6.42 Å². The van der Waals surface area contributed by atoms with Crippen molar-refractivity contribution in [2.45, 2.75) is 97.5 Å². The number of rotatable bonds is 12. The zero-order valence-corrected chi connectivity index (χ0v) is 12.4. The summed E-state index contributed by atoms with van der Waals surface area (Å²) in [7, 11) is 0. The number of unbranched alkanes of at least 4 members (excludes halogenated alkanes) is 7. The molecule has 0 aromatic carbocycles. The van der Waals surface area contributed by atoms with Crippen LogP contribution in [0.4, 0.5) is 0 Å². The lowest BCUT2D eigenvalue weighted by Gasteiger charge is -2.18. The fourth-order valence-electron chi connectivity index (χ4n) is 2.33. The number of aliphatic hydroxyl groups excluding tert-OH is 1. The normalized spacial score (nSPS) is 14.8. The molecule has 17 heavy (non-hydrogen) atoms. The molecule has 0 aliphatic carbocycles. The molecule has 2 unspecified atom stereocenters. The molecule has 0 saturated heterocycles. The molecule has 0 aliphatic heterocycles. The SMILES string of the molecule is CCCCCCCCC(O)C(C)CCCCC. The van der Waals surface area contributed by atoms with Crippen LogP contribution in [0, 0.1) is 5.92 Å². The zero-order chi connectivity index (χ0) is 12.9. The summed E-state index contributed by atoms with van der Waals surface area (Å²) in [4.78, 5) is 0. The summed E-state index contributed by atoms with van der Waals surface area (Å²) in [5.74, 6) is 0.497. The van der Waals surface area contributed by atoms with E-state index in [1.54, 1.807) is 0 Å². The second-order valence-corrected chi connectivity index (χ2v) is 5.60. The molecule has 0 aliphatic rings. The lowest BCUT2D eigenvalue weighted by Crippen LogP contribution is -2.17. The van der Waals surface area contributed by atoms with Crippen LogP contribution in [-0.4, -0.2) is 11.2 Å². The van der Waals surface area contributed by atoms with E-state index in [9.17, 15) is 5.11 Å². The highest BCUT2D eigenvalue weighted by Crippen LogP contribution is 2.18. The Morgan fingerprint density at radius 3 is 1.82 bits per heavy atom. The van der Waals surface area contributed by atoms with E-state index in [1.165, 1.54) is 64.2 Å². The minimum Gasteiger partial charge on any atom is -0.393 e. The van der Waals surface area contributed by atoms with E-state index >= 15 is 0 Å². The van der Waals surface area contributed by atoms with Crippen LogP contribution in [0.2, 0.25) is 0 Å². The van der Waals surface area contributed by atoms with Crippen LogP contribution in [-0.2, 0) is 0 Å². The van der Waals surface area contributed by atoms with Crippen molar-refractivity contribution in [3.05, 3.63) is 0 Å². The quantitative estimate of drug-likeness (QED) is 0.460. The first kappa shape index (κ1) is 17.0. The summed E-state index contributed by atoms with van der Waals surface area (Å²) >= 11 is 0. The van der Waals surface area contributed by atoms with Crippen LogP contribution in [0.5, 0.6) is 0 Å². The lowest BCUT2D eigenvalue weighted by molar-refractivity contribution is 0.0985. The van der Waals surface area contributed by atoms with Crippen LogP contribution >= 0.6 is 0 Å². The molecule has 0 aromatic rings. The summed E-state index contributed by atoms with van der Waals surface area (Å²) < 4.78 is 0. The highest BCUT2D eigenvalue weighted by atomic mass is 16.3. The van der Waals surface area contributed by atoms with E-state index in [0.29, 0.717) is 5.92 Å². The minimum absolute atomic E-state index is 0.0574. The average molecular weight is 242 g/mol. The fraction of sp³-hybridized carbons (Fsp3) is 1.00. The zero-order valence-electron chi connectivity index (χ0n) is 12.4. The van der Waals surface area contributed by atoms with Gasteiger partial charge in [0.15, 0.2) is 0 Å². The number of aliphatic hydroxyl groups is 1. The first-order chi connectivity index (χ1) is 8.22. The standard InChI is InChI=1S/C16H34O/c1-4-6-8-9-10-12-14-16(17)15(3)13-11-7-5-2/h15-17H,4-14H2,1-3H3. The van der Waals surface area contributed by atoms with Crippen LogP contribution in [0.1, 0.15) is 91.4 Å². The summed E-state index contributed by atoms with van der Waals surface area (Å²) in [6.45, 7) is 6.69. The molecule has 0 bridgehead atoms. The Bertz CT molecular complexity index is 144. The van der Waals surface area contributed by atoms with Gasteiger partial charge in [0.1, 0.15) is 0 Å². The molecule has 0 fully saturated rings. The maximum Gasteiger partial charge on any atom is 0.0565 e. The van der Waals surface area contributed by atoms with E-state index in [1.807, 2.05) is 0 Å². The maximum atomic E-state index is 10.0. The molecule has 0 radical (unpaired) electrons. The molecule has 2 atom stereocenters. The smallest absolute Gasteiger partial charge is 0.0565 e. The van der Waals surface area contributed by atoms with Crippen LogP contribution in [0.3, 0.4) is 0 Å². The highest BCUT2D eigenvalue weighted by molar-refractivity contribution is 4.65. The molecule has 1 N–H and O–H groups in total. The second-order valence-electron chi connectivity index (χ2n) is 5.60. The Morgan fingerprint density at radius 2 is 1.18 bits per heavy atom. The van der Waals surface area contributed by atoms with Crippen molar-refractivity contribution in [2.75, 3.05) is 0 Å². The van der Waals surface area contributed by atoms with Crippen LogP contribution in [0.25, 0.3) is 0 Å². The molecule has 0 aromatic heterocycles. The van der Waals surface area contributed by atoms with Gasteiger partial charge in [0.2, 0.25) is 0 Å². The summed E-state index contributed by atoms with van der Waals surface area (Å²) in [6, 6.07) is 0. The van der Waals surface area contributed by atoms with Crippen molar-refractivity contribution < 1.29 is 5.11 Å².